The number of unbranched alkanes of at least 4 members (excludes halogenated alkanes) is 1. The van der Waals surface area contributed by atoms with Gasteiger partial charge in [0.2, 0.25) is 0 Å². The lowest BCUT2D eigenvalue weighted by Crippen LogP contribution is -2.33. The Morgan fingerprint density at radius 3 is 2.60 bits per heavy atom. The maximum Gasteiger partial charge on any atom is 0.257 e. The number of carbonyl (C=O) groups is 1. The maximum atomic E-state index is 11.7. The molecule has 0 aliphatic rings. The van der Waals surface area contributed by atoms with Crippen LogP contribution in [0, 0.1) is 5.92 Å². The molecule has 0 heterocycles. The van der Waals surface area contributed by atoms with Crippen LogP contribution in [0.15, 0.2) is 24.3 Å². The quantitative estimate of drug-likeness (QED) is 0.747. The Kier molecular flexibility index (Phi) is 8.12. The van der Waals surface area contributed by atoms with Crippen molar-refractivity contribution in [2.24, 2.45) is 5.92 Å². The molecule has 112 valence electrons. The van der Waals surface area contributed by atoms with E-state index in [1.54, 1.807) is 24.3 Å². The third kappa shape index (κ3) is 6.80. The van der Waals surface area contributed by atoms with Gasteiger partial charge in [0.05, 0.1) is 0 Å². The van der Waals surface area contributed by atoms with E-state index in [9.17, 15) is 4.79 Å². The molecule has 1 N–H and O–H groups in total. The summed E-state index contributed by atoms with van der Waals surface area (Å²) in [6.07, 6.45) is 4.68. The molecule has 1 atom stereocenters. The van der Waals surface area contributed by atoms with E-state index in [1.165, 1.54) is 19.3 Å². The lowest BCUT2D eigenvalue weighted by atomic mass is 9.99. The van der Waals surface area contributed by atoms with E-state index in [-0.39, 0.29) is 12.5 Å². The van der Waals surface area contributed by atoms with E-state index >= 15 is 0 Å². The molecule has 1 aromatic carbocycles. The Morgan fingerprint density at radius 2 is 2.00 bits per heavy atom. The summed E-state index contributed by atoms with van der Waals surface area (Å²) in [4.78, 5) is 11.7. The van der Waals surface area contributed by atoms with Crippen LogP contribution < -0.4 is 10.1 Å². The molecule has 0 aliphatic heterocycles. The predicted molar refractivity (Wildman–Crippen MR) is 83.3 cm³/mol. The topological polar surface area (TPSA) is 38.3 Å². The normalized spacial score (nSPS) is 11.9. The summed E-state index contributed by atoms with van der Waals surface area (Å²) in [7, 11) is 0. The van der Waals surface area contributed by atoms with Gasteiger partial charge in [-0.15, -0.1) is 0 Å². The number of rotatable bonds is 9. The Morgan fingerprint density at radius 1 is 1.30 bits per heavy atom. The number of halogens is 1. The molecule has 4 heteroatoms. The molecule has 20 heavy (non-hydrogen) atoms. The summed E-state index contributed by atoms with van der Waals surface area (Å²) in [6, 6.07) is 7.00. The third-order valence-corrected chi connectivity index (χ3v) is 3.57. The van der Waals surface area contributed by atoms with Crippen LogP contribution in [0.2, 0.25) is 5.02 Å². The predicted octanol–water partition coefficient (Wildman–Crippen LogP) is 4.05. The van der Waals surface area contributed by atoms with Crippen molar-refractivity contribution >= 4 is 17.5 Å². The summed E-state index contributed by atoms with van der Waals surface area (Å²) in [5.74, 6) is 1.15. The minimum Gasteiger partial charge on any atom is -0.484 e. The Labute approximate surface area is 126 Å². The van der Waals surface area contributed by atoms with Crippen molar-refractivity contribution in [1.29, 1.82) is 0 Å². The fourth-order valence-electron chi connectivity index (χ4n) is 1.93. The van der Waals surface area contributed by atoms with Gasteiger partial charge in [0.1, 0.15) is 5.75 Å². The zero-order valence-electron chi connectivity index (χ0n) is 12.3. The first-order valence-electron chi connectivity index (χ1n) is 7.30. The molecular weight excluding hydrogens is 274 g/mol. The van der Waals surface area contributed by atoms with Gasteiger partial charge < -0.3 is 10.1 Å². The number of hydrogen-bond acceptors (Lipinski definition) is 2. The number of amides is 1. The van der Waals surface area contributed by atoms with Crippen LogP contribution in [0.1, 0.15) is 39.5 Å². The molecule has 0 saturated heterocycles. The fourth-order valence-corrected chi connectivity index (χ4v) is 2.06. The van der Waals surface area contributed by atoms with Crippen molar-refractivity contribution < 1.29 is 9.53 Å². The lowest BCUT2D eigenvalue weighted by Gasteiger charge is -2.15. The second kappa shape index (κ2) is 9.65. The van der Waals surface area contributed by atoms with E-state index in [0.29, 0.717) is 16.7 Å². The highest BCUT2D eigenvalue weighted by Crippen LogP contribution is 2.15. The van der Waals surface area contributed by atoms with Gasteiger partial charge in [-0.2, -0.15) is 0 Å². The maximum absolute atomic E-state index is 11.7. The minimum atomic E-state index is -0.0742. The van der Waals surface area contributed by atoms with Crippen LogP contribution in [0.5, 0.6) is 5.75 Å². The molecule has 1 amide bonds. The summed E-state index contributed by atoms with van der Waals surface area (Å²) >= 11 is 5.78. The van der Waals surface area contributed by atoms with Crippen molar-refractivity contribution in [3.63, 3.8) is 0 Å². The van der Waals surface area contributed by atoms with Crippen molar-refractivity contribution in [3.8, 4) is 5.75 Å². The highest BCUT2D eigenvalue weighted by Gasteiger charge is 2.08. The van der Waals surface area contributed by atoms with E-state index in [2.05, 4.69) is 19.2 Å². The number of hydrogen-bond donors (Lipinski definition) is 1. The summed E-state index contributed by atoms with van der Waals surface area (Å²) in [5.41, 5.74) is 0. The van der Waals surface area contributed by atoms with Crippen LogP contribution >= 0.6 is 11.6 Å². The standard InChI is InChI=1S/C16H24ClNO2/c1-3-5-6-13(4-2)11-18-16(19)12-20-15-9-7-14(17)8-10-15/h7-10,13H,3-6,11-12H2,1-2H3,(H,18,19)/t13-/m0/s1. The Balaban J connectivity index is 2.24. The van der Waals surface area contributed by atoms with Crippen molar-refractivity contribution in [2.75, 3.05) is 13.2 Å². The molecule has 1 rings (SSSR count). The molecular formula is C16H24ClNO2. The molecule has 3 nitrogen and oxygen atoms in total. The second-order valence-electron chi connectivity index (χ2n) is 4.96. The van der Waals surface area contributed by atoms with Crippen molar-refractivity contribution in [1.82, 2.24) is 5.32 Å². The van der Waals surface area contributed by atoms with Crippen LogP contribution in [-0.4, -0.2) is 19.1 Å². The molecule has 0 aliphatic carbocycles. The van der Waals surface area contributed by atoms with E-state index < -0.39 is 0 Å². The van der Waals surface area contributed by atoms with Gasteiger partial charge in [-0.1, -0.05) is 44.7 Å². The first-order valence-corrected chi connectivity index (χ1v) is 7.68. The van der Waals surface area contributed by atoms with Crippen LogP contribution in [0.3, 0.4) is 0 Å². The number of ether oxygens (including phenoxy) is 1. The molecule has 1 aromatic rings. The average molecular weight is 298 g/mol. The first-order chi connectivity index (χ1) is 9.65. The number of carbonyl (C=O) groups excluding carboxylic acids is 1. The Hall–Kier alpha value is -1.22. The van der Waals surface area contributed by atoms with Crippen molar-refractivity contribution in [3.05, 3.63) is 29.3 Å². The summed E-state index contributed by atoms with van der Waals surface area (Å²) in [6.45, 7) is 5.13. The molecule has 0 spiro atoms. The summed E-state index contributed by atoms with van der Waals surface area (Å²) in [5, 5.41) is 3.59. The molecule has 0 bridgehead atoms. The molecule has 0 radical (unpaired) electrons. The van der Waals surface area contributed by atoms with Crippen LogP contribution in [0.4, 0.5) is 0 Å². The van der Waals surface area contributed by atoms with Gasteiger partial charge in [0.25, 0.3) is 5.91 Å². The van der Waals surface area contributed by atoms with Gasteiger partial charge in [0, 0.05) is 11.6 Å². The van der Waals surface area contributed by atoms with Gasteiger partial charge in [-0.25, -0.2) is 0 Å². The highest BCUT2D eigenvalue weighted by atomic mass is 35.5. The molecule has 0 saturated carbocycles. The number of nitrogens with one attached hydrogen (secondary N) is 1. The van der Waals surface area contributed by atoms with Crippen LogP contribution in [0.25, 0.3) is 0 Å². The lowest BCUT2D eigenvalue weighted by molar-refractivity contribution is -0.123. The number of benzene rings is 1. The first kappa shape index (κ1) is 16.8. The van der Waals surface area contributed by atoms with Gasteiger partial charge in [-0.05, 0) is 36.6 Å². The van der Waals surface area contributed by atoms with E-state index in [4.69, 9.17) is 16.3 Å². The SMILES string of the molecule is CCCC[C@H](CC)CNC(=O)COc1ccc(Cl)cc1. The third-order valence-electron chi connectivity index (χ3n) is 3.31. The molecule has 0 aromatic heterocycles. The highest BCUT2D eigenvalue weighted by molar-refractivity contribution is 6.30. The van der Waals surface area contributed by atoms with Crippen LogP contribution in [-0.2, 0) is 4.79 Å². The molecule has 0 fully saturated rings. The van der Waals surface area contributed by atoms with Gasteiger partial charge in [0.15, 0.2) is 6.61 Å². The second-order valence-corrected chi connectivity index (χ2v) is 5.40. The monoisotopic (exact) mass is 297 g/mol. The van der Waals surface area contributed by atoms with Crippen molar-refractivity contribution in [2.45, 2.75) is 39.5 Å². The van der Waals surface area contributed by atoms with Gasteiger partial charge in [-0.3, -0.25) is 4.79 Å². The fraction of sp³-hybridized carbons (Fsp3) is 0.562. The average Bonchev–Trinajstić information content (AvgIpc) is 2.47. The Bertz CT molecular complexity index is 392. The smallest absolute Gasteiger partial charge is 0.257 e. The molecule has 0 unspecified atom stereocenters. The zero-order valence-corrected chi connectivity index (χ0v) is 13.1. The van der Waals surface area contributed by atoms with E-state index in [0.717, 1.165) is 13.0 Å². The largest absolute Gasteiger partial charge is 0.484 e. The van der Waals surface area contributed by atoms with Gasteiger partial charge >= 0.3 is 0 Å². The minimum absolute atomic E-state index is 0.0475. The zero-order chi connectivity index (χ0) is 14.8. The summed E-state index contributed by atoms with van der Waals surface area (Å²) < 4.78 is 5.40. The van der Waals surface area contributed by atoms with E-state index in [1.807, 2.05) is 0 Å².